The van der Waals surface area contributed by atoms with Gasteiger partial charge < -0.3 is 10.2 Å². The van der Waals surface area contributed by atoms with Crippen LogP contribution in [0.2, 0.25) is 0 Å². The van der Waals surface area contributed by atoms with Gasteiger partial charge in [0.15, 0.2) is 6.10 Å². The topological polar surface area (TPSA) is 144 Å². The van der Waals surface area contributed by atoms with Crippen LogP contribution < -0.4 is 0 Å². The molecule has 1 aromatic rings. The summed E-state index contributed by atoms with van der Waals surface area (Å²) in [6, 6.07) is 3.80. The quantitative estimate of drug-likeness (QED) is 0.418. The van der Waals surface area contributed by atoms with E-state index in [2.05, 4.69) is 4.18 Å². The molecule has 2 rings (SSSR count). The van der Waals surface area contributed by atoms with E-state index >= 15 is 0 Å². The second-order valence-electron chi connectivity index (χ2n) is 4.89. The van der Waals surface area contributed by atoms with Crippen molar-refractivity contribution in [1.82, 2.24) is 0 Å². The first-order chi connectivity index (χ1) is 10.2. The van der Waals surface area contributed by atoms with Gasteiger partial charge in [0.1, 0.15) is 0 Å². The fourth-order valence-electron chi connectivity index (χ4n) is 1.86. The zero-order valence-corrected chi connectivity index (χ0v) is 12.0. The van der Waals surface area contributed by atoms with E-state index in [9.17, 15) is 28.4 Å². The van der Waals surface area contributed by atoms with Crippen LogP contribution in [0.3, 0.4) is 0 Å². The average molecular weight is 331 g/mol. The maximum absolute atomic E-state index is 12.0. The number of nitro groups is 1. The van der Waals surface area contributed by atoms with E-state index in [1.54, 1.807) is 0 Å². The lowest BCUT2D eigenvalue weighted by atomic mass is 10.1. The van der Waals surface area contributed by atoms with Crippen LogP contribution in [-0.4, -0.2) is 41.7 Å². The molecule has 120 valence electrons. The highest BCUT2D eigenvalue weighted by Gasteiger charge is 2.42. The summed E-state index contributed by atoms with van der Waals surface area (Å²) >= 11 is 0. The average Bonchev–Trinajstić information content (AvgIpc) is 3.28. The Morgan fingerprint density at radius 1 is 1.32 bits per heavy atom. The van der Waals surface area contributed by atoms with Gasteiger partial charge >= 0.3 is 5.97 Å². The van der Waals surface area contributed by atoms with Crippen molar-refractivity contribution in [3.05, 3.63) is 34.4 Å². The smallest absolute Gasteiger partial charge is 0.337 e. The molecule has 0 heterocycles. The van der Waals surface area contributed by atoms with Gasteiger partial charge in [0.05, 0.1) is 15.9 Å². The molecule has 2 unspecified atom stereocenters. The summed E-state index contributed by atoms with van der Waals surface area (Å²) in [5.74, 6) is -1.89. The molecule has 0 saturated heterocycles. The zero-order chi connectivity index (χ0) is 16.5. The third kappa shape index (κ3) is 3.59. The number of carboxylic acids is 1. The van der Waals surface area contributed by atoms with Crippen LogP contribution in [0.5, 0.6) is 0 Å². The highest BCUT2D eigenvalue weighted by Crippen LogP contribution is 2.35. The molecule has 1 aromatic carbocycles. The van der Waals surface area contributed by atoms with Crippen LogP contribution in [0.4, 0.5) is 5.69 Å². The first-order valence-corrected chi connectivity index (χ1v) is 7.72. The van der Waals surface area contributed by atoms with Crippen LogP contribution in [-0.2, 0) is 19.1 Å². The van der Waals surface area contributed by atoms with Gasteiger partial charge in [0, 0.05) is 12.1 Å². The zero-order valence-electron chi connectivity index (χ0n) is 11.2. The highest BCUT2D eigenvalue weighted by molar-refractivity contribution is 7.86. The number of non-ortho nitro benzene ring substituents is 1. The standard InChI is InChI=1S/C12H13NO8S/c14-10(7-1-2-7)11(12(15)16)21-22(19,20)9-5-3-8(4-6-9)13(17)18/h3-7,10-11,14H,1-2H2,(H,15,16). The molecule has 1 saturated carbocycles. The van der Waals surface area contributed by atoms with Crippen molar-refractivity contribution >= 4 is 21.8 Å². The van der Waals surface area contributed by atoms with E-state index in [0.717, 1.165) is 24.3 Å². The fourth-order valence-corrected chi connectivity index (χ4v) is 2.91. The number of carbonyl (C=O) groups is 1. The maximum atomic E-state index is 12.0. The number of aliphatic hydroxyl groups is 1. The monoisotopic (exact) mass is 331 g/mol. The van der Waals surface area contributed by atoms with Crippen LogP contribution in [0.15, 0.2) is 29.2 Å². The Morgan fingerprint density at radius 3 is 2.27 bits per heavy atom. The first-order valence-electron chi connectivity index (χ1n) is 6.31. The molecule has 2 N–H and O–H groups in total. The Morgan fingerprint density at radius 2 is 1.86 bits per heavy atom. The number of rotatable bonds is 7. The summed E-state index contributed by atoms with van der Waals surface area (Å²) in [6.45, 7) is 0. The predicted molar refractivity (Wildman–Crippen MR) is 71.5 cm³/mol. The van der Waals surface area contributed by atoms with Crippen molar-refractivity contribution in [2.45, 2.75) is 29.9 Å². The summed E-state index contributed by atoms with van der Waals surface area (Å²) in [7, 11) is -4.46. The number of benzene rings is 1. The van der Waals surface area contributed by atoms with Gasteiger partial charge in [-0.2, -0.15) is 8.42 Å². The molecule has 10 heteroatoms. The number of aliphatic hydroxyl groups excluding tert-OH is 1. The summed E-state index contributed by atoms with van der Waals surface area (Å²) in [4.78, 5) is 20.5. The van der Waals surface area contributed by atoms with Crippen molar-refractivity contribution < 1.29 is 32.5 Å². The summed E-state index contributed by atoms with van der Waals surface area (Å²) < 4.78 is 28.6. The fraction of sp³-hybridized carbons (Fsp3) is 0.417. The van der Waals surface area contributed by atoms with Gasteiger partial charge in [-0.05, 0) is 30.9 Å². The van der Waals surface area contributed by atoms with Crippen molar-refractivity contribution in [3.63, 3.8) is 0 Å². The third-order valence-electron chi connectivity index (χ3n) is 3.23. The predicted octanol–water partition coefficient (Wildman–Crippen LogP) is 0.524. The van der Waals surface area contributed by atoms with Crippen molar-refractivity contribution in [2.24, 2.45) is 5.92 Å². The summed E-state index contributed by atoms with van der Waals surface area (Å²) in [6.07, 6.45) is -2.13. The minimum Gasteiger partial charge on any atom is -0.479 e. The minimum atomic E-state index is -4.46. The highest BCUT2D eigenvalue weighted by atomic mass is 32.2. The van der Waals surface area contributed by atoms with Crippen LogP contribution >= 0.6 is 0 Å². The third-order valence-corrected chi connectivity index (χ3v) is 4.54. The summed E-state index contributed by atoms with van der Waals surface area (Å²) in [5.41, 5.74) is -0.313. The lowest BCUT2D eigenvalue weighted by molar-refractivity contribution is -0.384. The number of hydrogen-bond donors (Lipinski definition) is 2. The number of hydrogen-bond acceptors (Lipinski definition) is 7. The Labute approximate surface area is 125 Å². The second kappa shape index (κ2) is 5.99. The molecule has 0 amide bonds. The summed E-state index contributed by atoms with van der Waals surface area (Å²) in [5, 5.41) is 29.3. The van der Waals surface area contributed by atoms with Crippen LogP contribution in [0, 0.1) is 16.0 Å². The number of carboxylic acid groups (broad SMARTS) is 1. The Hall–Kier alpha value is -2.04. The van der Waals surface area contributed by atoms with Crippen LogP contribution in [0.1, 0.15) is 12.8 Å². The van der Waals surface area contributed by atoms with Gasteiger partial charge in [-0.25, -0.2) is 8.98 Å². The Bertz CT molecular complexity index is 680. The van der Waals surface area contributed by atoms with Gasteiger partial charge in [-0.3, -0.25) is 10.1 Å². The van der Waals surface area contributed by atoms with Crippen molar-refractivity contribution in [3.8, 4) is 0 Å². The molecule has 0 aromatic heterocycles. The van der Waals surface area contributed by atoms with Gasteiger partial charge in [-0.1, -0.05) is 0 Å². The van der Waals surface area contributed by atoms with Crippen molar-refractivity contribution in [1.29, 1.82) is 0 Å². The lowest BCUT2D eigenvalue weighted by Gasteiger charge is -2.18. The lowest BCUT2D eigenvalue weighted by Crippen LogP contribution is -2.39. The number of nitro benzene ring substituents is 1. The Kier molecular flexibility index (Phi) is 4.44. The molecule has 1 fully saturated rings. The van der Waals surface area contributed by atoms with E-state index in [-0.39, 0.29) is 11.6 Å². The molecule has 22 heavy (non-hydrogen) atoms. The molecule has 0 radical (unpaired) electrons. The van der Waals surface area contributed by atoms with E-state index < -0.39 is 38.1 Å². The van der Waals surface area contributed by atoms with E-state index in [1.165, 1.54) is 0 Å². The normalized spacial score (nSPS) is 17.7. The number of nitrogens with zero attached hydrogens (tertiary/aromatic N) is 1. The molecule has 0 bridgehead atoms. The number of aliphatic carboxylic acids is 1. The second-order valence-corrected chi connectivity index (χ2v) is 6.46. The molecule has 0 aliphatic heterocycles. The molecule has 1 aliphatic rings. The van der Waals surface area contributed by atoms with E-state index in [1.807, 2.05) is 0 Å². The SMILES string of the molecule is O=C(O)C(OS(=O)(=O)c1ccc([N+](=O)[O-])cc1)C(O)C1CC1. The van der Waals surface area contributed by atoms with Gasteiger partial charge in [0.25, 0.3) is 15.8 Å². The molecule has 9 nitrogen and oxygen atoms in total. The Balaban J connectivity index is 2.21. The molecule has 2 atom stereocenters. The minimum absolute atomic E-state index is 0.298. The largest absolute Gasteiger partial charge is 0.479 e. The van der Waals surface area contributed by atoms with Crippen LogP contribution in [0.25, 0.3) is 0 Å². The van der Waals surface area contributed by atoms with E-state index in [0.29, 0.717) is 12.8 Å². The van der Waals surface area contributed by atoms with Gasteiger partial charge in [0.2, 0.25) is 0 Å². The first kappa shape index (κ1) is 16.3. The molecular formula is C12H13NO8S. The van der Waals surface area contributed by atoms with Crippen molar-refractivity contribution in [2.75, 3.05) is 0 Å². The van der Waals surface area contributed by atoms with Gasteiger partial charge in [-0.15, -0.1) is 0 Å². The van der Waals surface area contributed by atoms with E-state index in [4.69, 9.17) is 5.11 Å². The maximum Gasteiger partial charge on any atom is 0.337 e. The molecular weight excluding hydrogens is 318 g/mol. The molecule has 0 spiro atoms. The molecule has 1 aliphatic carbocycles.